The van der Waals surface area contributed by atoms with Crippen molar-refractivity contribution >= 4 is 5.69 Å². The molecule has 0 aromatic carbocycles. The van der Waals surface area contributed by atoms with Crippen LogP contribution in [0.5, 0.6) is 0 Å². The molecule has 1 aromatic heterocycles. The molecule has 0 spiro atoms. The molecule has 0 radical (unpaired) electrons. The first-order valence-corrected chi connectivity index (χ1v) is 7.75. The zero-order valence-electron chi connectivity index (χ0n) is 13.4. The average Bonchev–Trinajstić information content (AvgIpc) is 2.67. The zero-order valence-corrected chi connectivity index (χ0v) is 13.4. The Bertz CT molecular complexity index is 455. The van der Waals surface area contributed by atoms with E-state index in [2.05, 4.69) is 10.00 Å². The molecule has 1 aliphatic rings. The smallest absolute Gasteiger partial charge is 0.0862 e. The van der Waals surface area contributed by atoms with Crippen molar-refractivity contribution in [2.45, 2.75) is 51.9 Å². The molecule has 21 heavy (non-hydrogen) atoms. The summed E-state index contributed by atoms with van der Waals surface area (Å²) in [6, 6.07) is 0. The van der Waals surface area contributed by atoms with Gasteiger partial charge in [0.2, 0.25) is 0 Å². The van der Waals surface area contributed by atoms with Gasteiger partial charge < -0.3 is 20.5 Å². The van der Waals surface area contributed by atoms with Crippen molar-refractivity contribution in [1.29, 1.82) is 0 Å². The van der Waals surface area contributed by atoms with E-state index in [1.807, 2.05) is 20.9 Å². The first-order valence-electron chi connectivity index (χ1n) is 7.75. The molecule has 0 bridgehead atoms. The van der Waals surface area contributed by atoms with Crippen LogP contribution >= 0.6 is 0 Å². The third-order valence-corrected chi connectivity index (χ3v) is 4.13. The van der Waals surface area contributed by atoms with Crippen molar-refractivity contribution in [1.82, 2.24) is 14.7 Å². The Balaban J connectivity index is 1.80. The zero-order chi connectivity index (χ0) is 15.4. The van der Waals surface area contributed by atoms with Gasteiger partial charge in [-0.25, -0.2) is 0 Å². The maximum Gasteiger partial charge on any atom is 0.0862 e. The molecular formula is C15H28N4O2. The van der Waals surface area contributed by atoms with Gasteiger partial charge in [0, 0.05) is 19.7 Å². The first kappa shape index (κ1) is 16.3. The third kappa shape index (κ3) is 4.43. The fourth-order valence-corrected chi connectivity index (χ4v) is 2.88. The van der Waals surface area contributed by atoms with E-state index in [0.29, 0.717) is 24.9 Å². The lowest BCUT2D eigenvalue weighted by molar-refractivity contribution is -0.00898. The fourth-order valence-electron chi connectivity index (χ4n) is 2.88. The van der Waals surface area contributed by atoms with Gasteiger partial charge in [-0.05, 0) is 40.2 Å². The largest absolute Gasteiger partial charge is 0.396 e. The van der Waals surface area contributed by atoms with E-state index in [1.165, 1.54) is 12.8 Å². The number of aliphatic hydroxyl groups is 1. The van der Waals surface area contributed by atoms with Crippen molar-refractivity contribution in [2.24, 2.45) is 0 Å². The monoisotopic (exact) mass is 296 g/mol. The number of hydrogen-bond acceptors (Lipinski definition) is 5. The minimum Gasteiger partial charge on any atom is -0.396 e. The summed E-state index contributed by atoms with van der Waals surface area (Å²) in [7, 11) is 2.02. The normalized spacial score (nSPS) is 20.9. The number of aryl methyl sites for hydroxylation is 1. The molecule has 2 atom stereocenters. The molecule has 0 saturated carbocycles. The van der Waals surface area contributed by atoms with E-state index in [-0.39, 0.29) is 0 Å². The maximum atomic E-state index is 10.2. The highest BCUT2D eigenvalue weighted by atomic mass is 16.5. The quantitative estimate of drug-likeness (QED) is 0.817. The molecule has 6 nitrogen and oxygen atoms in total. The molecule has 6 heteroatoms. The molecule has 1 fully saturated rings. The second-order valence-electron chi connectivity index (χ2n) is 6.13. The number of likely N-dealkylation sites (N-methyl/N-ethyl adjacent to an activating group) is 1. The first-order chi connectivity index (χ1) is 9.97. The predicted octanol–water partition coefficient (Wildman–Crippen LogP) is 0.944. The van der Waals surface area contributed by atoms with Crippen molar-refractivity contribution in [3.8, 4) is 0 Å². The molecule has 2 rings (SSSR count). The van der Waals surface area contributed by atoms with Gasteiger partial charge in [0.05, 0.1) is 35.8 Å². The molecule has 1 aliphatic heterocycles. The molecular weight excluding hydrogens is 268 g/mol. The number of rotatable bonds is 6. The summed E-state index contributed by atoms with van der Waals surface area (Å²) in [5.74, 6) is 0. The molecule has 2 heterocycles. The van der Waals surface area contributed by atoms with Crippen LogP contribution in [0, 0.1) is 13.8 Å². The second-order valence-corrected chi connectivity index (χ2v) is 6.13. The van der Waals surface area contributed by atoms with E-state index >= 15 is 0 Å². The second kappa shape index (κ2) is 7.24. The van der Waals surface area contributed by atoms with E-state index in [9.17, 15) is 5.11 Å². The Hall–Kier alpha value is -1.11. The van der Waals surface area contributed by atoms with Crippen molar-refractivity contribution in [2.75, 3.05) is 32.5 Å². The van der Waals surface area contributed by atoms with Crippen molar-refractivity contribution in [3.05, 3.63) is 11.4 Å². The Morgan fingerprint density at radius 2 is 2.24 bits per heavy atom. The van der Waals surface area contributed by atoms with Crippen LogP contribution in [0.3, 0.4) is 0 Å². The molecule has 0 amide bonds. The summed E-state index contributed by atoms with van der Waals surface area (Å²) in [6.45, 7) is 6.64. The minimum absolute atomic E-state index is 0.306. The van der Waals surface area contributed by atoms with Crippen molar-refractivity contribution < 1.29 is 9.84 Å². The highest BCUT2D eigenvalue weighted by Gasteiger charge is 2.18. The Morgan fingerprint density at radius 1 is 1.48 bits per heavy atom. The minimum atomic E-state index is -0.462. The van der Waals surface area contributed by atoms with Crippen LogP contribution in [0.25, 0.3) is 0 Å². The summed E-state index contributed by atoms with van der Waals surface area (Å²) in [5, 5.41) is 14.6. The number of nitrogens with zero attached hydrogens (tertiary/aromatic N) is 3. The Kier molecular flexibility index (Phi) is 5.61. The van der Waals surface area contributed by atoms with Crippen LogP contribution in [0.1, 0.15) is 30.7 Å². The third-order valence-electron chi connectivity index (χ3n) is 4.13. The number of ether oxygens (including phenoxy) is 1. The highest BCUT2D eigenvalue weighted by Crippen LogP contribution is 2.16. The number of nitrogen functional groups attached to an aromatic ring is 1. The predicted molar refractivity (Wildman–Crippen MR) is 83.2 cm³/mol. The van der Waals surface area contributed by atoms with Gasteiger partial charge in [0.25, 0.3) is 0 Å². The van der Waals surface area contributed by atoms with E-state index in [1.54, 1.807) is 4.68 Å². The molecule has 2 unspecified atom stereocenters. The van der Waals surface area contributed by atoms with Crippen LogP contribution in [0.4, 0.5) is 5.69 Å². The van der Waals surface area contributed by atoms with E-state index in [0.717, 1.165) is 31.0 Å². The highest BCUT2D eigenvalue weighted by molar-refractivity contribution is 5.46. The lowest BCUT2D eigenvalue weighted by Crippen LogP contribution is -2.39. The number of aliphatic hydroxyl groups excluding tert-OH is 1. The van der Waals surface area contributed by atoms with Crippen LogP contribution < -0.4 is 5.73 Å². The summed E-state index contributed by atoms with van der Waals surface area (Å²) < 4.78 is 7.52. The van der Waals surface area contributed by atoms with E-state index < -0.39 is 6.10 Å². The number of hydrogen-bond donors (Lipinski definition) is 2. The molecule has 1 aromatic rings. The molecule has 3 N–H and O–H groups in total. The van der Waals surface area contributed by atoms with Gasteiger partial charge in [-0.15, -0.1) is 0 Å². The van der Waals surface area contributed by atoms with Gasteiger partial charge in [0.1, 0.15) is 0 Å². The standard InChI is InChI=1S/C15H28N4O2/c1-11-15(16)12(2)19(17-11)9-13(20)8-18(3)10-14-6-4-5-7-21-14/h13-14,20H,4-10,16H2,1-3H3. The molecule has 120 valence electrons. The number of anilines is 1. The lowest BCUT2D eigenvalue weighted by atomic mass is 10.1. The fraction of sp³-hybridized carbons (Fsp3) is 0.800. The van der Waals surface area contributed by atoms with Crippen molar-refractivity contribution in [3.63, 3.8) is 0 Å². The SMILES string of the molecule is Cc1nn(CC(O)CN(C)CC2CCCCO2)c(C)c1N. The van der Waals surface area contributed by atoms with Gasteiger partial charge in [-0.2, -0.15) is 5.10 Å². The summed E-state index contributed by atoms with van der Waals surface area (Å²) in [4.78, 5) is 2.13. The average molecular weight is 296 g/mol. The van der Waals surface area contributed by atoms with Gasteiger partial charge in [0.15, 0.2) is 0 Å². The van der Waals surface area contributed by atoms with Crippen LogP contribution in [0.2, 0.25) is 0 Å². The van der Waals surface area contributed by atoms with Crippen LogP contribution in [-0.4, -0.2) is 58.7 Å². The van der Waals surface area contributed by atoms with E-state index in [4.69, 9.17) is 10.5 Å². The number of aromatic nitrogens is 2. The topological polar surface area (TPSA) is 76.5 Å². The number of nitrogens with two attached hydrogens (primary N) is 1. The summed E-state index contributed by atoms with van der Waals surface area (Å²) >= 11 is 0. The van der Waals surface area contributed by atoms with Gasteiger partial charge >= 0.3 is 0 Å². The summed E-state index contributed by atoms with van der Waals surface area (Å²) in [6.07, 6.45) is 3.37. The van der Waals surface area contributed by atoms with Gasteiger partial charge in [-0.1, -0.05) is 0 Å². The Morgan fingerprint density at radius 3 is 2.81 bits per heavy atom. The maximum absolute atomic E-state index is 10.2. The summed E-state index contributed by atoms with van der Waals surface area (Å²) in [5.41, 5.74) is 8.37. The van der Waals surface area contributed by atoms with Crippen LogP contribution in [0.15, 0.2) is 0 Å². The molecule has 1 saturated heterocycles. The Labute approximate surface area is 126 Å². The van der Waals surface area contributed by atoms with Crippen LogP contribution in [-0.2, 0) is 11.3 Å². The lowest BCUT2D eigenvalue weighted by Gasteiger charge is -2.28. The van der Waals surface area contributed by atoms with Gasteiger partial charge in [-0.3, -0.25) is 4.68 Å². The molecule has 0 aliphatic carbocycles.